The summed E-state index contributed by atoms with van der Waals surface area (Å²) in [7, 11) is 0. The van der Waals surface area contributed by atoms with Gasteiger partial charge in [-0.15, -0.1) is 11.6 Å². The summed E-state index contributed by atoms with van der Waals surface area (Å²) in [6.07, 6.45) is 0. The number of carbonyl (C=O) groups excluding carboxylic acids is 1. The standard InChI is InChI=1S/C12H14ClF2NOS/c1-12(2,7-13)10(17)16-8-3-5-9(6-4-8)18-11(14)15/h3-6,11H,7H2,1-2H3,(H,16,17). The Bertz CT molecular complexity index is 409. The van der Waals surface area contributed by atoms with Gasteiger partial charge in [0.15, 0.2) is 0 Å². The third-order valence-corrected chi connectivity index (χ3v) is 3.68. The van der Waals surface area contributed by atoms with Crippen molar-refractivity contribution in [3.63, 3.8) is 0 Å². The number of benzene rings is 1. The van der Waals surface area contributed by atoms with Gasteiger partial charge in [-0.25, -0.2) is 0 Å². The van der Waals surface area contributed by atoms with Gasteiger partial charge in [-0.05, 0) is 38.1 Å². The van der Waals surface area contributed by atoms with Crippen molar-refractivity contribution in [2.75, 3.05) is 11.2 Å². The molecule has 18 heavy (non-hydrogen) atoms. The van der Waals surface area contributed by atoms with Crippen molar-refractivity contribution in [1.29, 1.82) is 0 Å². The molecular weight excluding hydrogens is 280 g/mol. The number of rotatable bonds is 5. The Morgan fingerprint density at radius 2 is 1.94 bits per heavy atom. The molecule has 0 unspecified atom stereocenters. The molecule has 1 amide bonds. The van der Waals surface area contributed by atoms with E-state index in [2.05, 4.69) is 5.32 Å². The number of thioether (sulfide) groups is 1. The Morgan fingerprint density at radius 3 is 2.39 bits per heavy atom. The Labute approximate surface area is 114 Å². The predicted molar refractivity (Wildman–Crippen MR) is 71.4 cm³/mol. The fourth-order valence-corrected chi connectivity index (χ4v) is 1.70. The minimum atomic E-state index is -2.44. The maximum absolute atomic E-state index is 12.1. The highest BCUT2D eigenvalue weighted by Gasteiger charge is 2.26. The summed E-state index contributed by atoms with van der Waals surface area (Å²) in [6, 6.07) is 6.26. The van der Waals surface area contributed by atoms with Gasteiger partial charge < -0.3 is 5.32 Å². The van der Waals surface area contributed by atoms with Gasteiger partial charge in [0.2, 0.25) is 5.91 Å². The number of carbonyl (C=O) groups is 1. The van der Waals surface area contributed by atoms with E-state index in [9.17, 15) is 13.6 Å². The number of halogens is 3. The summed E-state index contributed by atoms with van der Waals surface area (Å²) in [6.45, 7) is 3.46. The first-order valence-electron chi connectivity index (χ1n) is 5.27. The third kappa shape index (κ3) is 4.46. The van der Waals surface area contributed by atoms with E-state index in [4.69, 9.17) is 11.6 Å². The van der Waals surface area contributed by atoms with E-state index in [1.165, 1.54) is 0 Å². The largest absolute Gasteiger partial charge is 0.326 e. The van der Waals surface area contributed by atoms with Crippen molar-refractivity contribution >= 4 is 35.0 Å². The highest BCUT2D eigenvalue weighted by molar-refractivity contribution is 7.99. The molecule has 0 spiro atoms. The van der Waals surface area contributed by atoms with Gasteiger partial charge in [-0.3, -0.25) is 4.79 Å². The molecule has 1 aromatic rings. The van der Waals surface area contributed by atoms with Crippen molar-refractivity contribution in [3.8, 4) is 0 Å². The number of hydrogen-bond donors (Lipinski definition) is 1. The van der Waals surface area contributed by atoms with Crippen LogP contribution in [0.5, 0.6) is 0 Å². The van der Waals surface area contributed by atoms with E-state index in [1.54, 1.807) is 38.1 Å². The molecule has 100 valence electrons. The number of amides is 1. The molecule has 0 aromatic heterocycles. The molecule has 0 heterocycles. The Morgan fingerprint density at radius 1 is 1.39 bits per heavy atom. The molecule has 0 aliphatic heterocycles. The van der Waals surface area contributed by atoms with Gasteiger partial charge in [0, 0.05) is 16.5 Å². The van der Waals surface area contributed by atoms with Gasteiger partial charge >= 0.3 is 0 Å². The van der Waals surface area contributed by atoms with Crippen LogP contribution in [0.15, 0.2) is 29.2 Å². The molecule has 1 aromatic carbocycles. The number of hydrogen-bond acceptors (Lipinski definition) is 2. The monoisotopic (exact) mass is 293 g/mol. The van der Waals surface area contributed by atoms with Gasteiger partial charge in [-0.1, -0.05) is 11.8 Å². The molecule has 0 bridgehead atoms. The van der Waals surface area contributed by atoms with Crippen LogP contribution >= 0.6 is 23.4 Å². The number of anilines is 1. The van der Waals surface area contributed by atoms with Crippen molar-refractivity contribution < 1.29 is 13.6 Å². The second kappa shape index (κ2) is 6.38. The SMILES string of the molecule is CC(C)(CCl)C(=O)Nc1ccc(SC(F)F)cc1. The highest BCUT2D eigenvalue weighted by atomic mass is 35.5. The van der Waals surface area contributed by atoms with Crippen molar-refractivity contribution in [1.82, 2.24) is 0 Å². The molecule has 0 aliphatic carbocycles. The molecule has 0 atom stereocenters. The van der Waals surface area contributed by atoms with E-state index in [-0.39, 0.29) is 11.8 Å². The van der Waals surface area contributed by atoms with Crippen LogP contribution in [-0.2, 0) is 4.79 Å². The first-order valence-corrected chi connectivity index (χ1v) is 6.69. The molecule has 0 radical (unpaired) electrons. The summed E-state index contributed by atoms with van der Waals surface area (Å²) in [5.74, 6) is -2.44. The maximum atomic E-state index is 12.1. The van der Waals surface area contributed by atoms with Crippen LogP contribution in [0.3, 0.4) is 0 Å². The van der Waals surface area contributed by atoms with E-state index < -0.39 is 11.2 Å². The fourth-order valence-electron chi connectivity index (χ4n) is 1.08. The van der Waals surface area contributed by atoms with Crippen molar-refractivity contribution in [2.45, 2.75) is 24.5 Å². The van der Waals surface area contributed by atoms with Crippen LogP contribution in [-0.4, -0.2) is 17.5 Å². The first-order chi connectivity index (χ1) is 8.35. The fraction of sp³-hybridized carbons (Fsp3) is 0.417. The maximum Gasteiger partial charge on any atom is 0.288 e. The quantitative estimate of drug-likeness (QED) is 0.651. The smallest absolute Gasteiger partial charge is 0.288 e. The highest BCUT2D eigenvalue weighted by Crippen LogP contribution is 2.27. The Balaban J connectivity index is 2.67. The molecule has 0 aliphatic rings. The first kappa shape index (κ1) is 15.2. The molecule has 0 saturated heterocycles. The van der Waals surface area contributed by atoms with Gasteiger partial charge in [0.25, 0.3) is 5.76 Å². The molecule has 2 nitrogen and oxygen atoms in total. The van der Waals surface area contributed by atoms with Crippen LogP contribution in [0.2, 0.25) is 0 Å². The summed E-state index contributed by atoms with van der Waals surface area (Å²) in [5, 5.41) is 2.69. The van der Waals surface area contributed by atoms with E-state index in [0.717, 1.165) is 0 Å². The number of nitrogens with one attached hydrogen (secondary N) is 1. The summed E-state index contributed by atoms with van der Waals surface area (Å²) in [4.78, 5) is 12.3. The summed E-state index contributed by atoms with van der Waals surface area (Å²) < 4.78 is 24.2. The topological polar surface area (TPSA) is 29.1 Å². The predicted octanol–water partition coefficient (Wildman–Crippen LogP) is 4.20. The lowest BCUT2D eigenvalue weighted by atomic mass is 9.95. The molecule has 0 saturated carbocycles. The lowest BCUT2D eigenvalue weighted by Crippen LogP contribution is -2.32. The Hall–Kier alpha value is -0.810. The van der Waals surface area contributed by atoms with Crippen LogP contribution in [0.4, 0.5) is 14.5 Å². The molecular formula is C12H14ClF2NOS. The van der Waals surface area contributed by atoms with Crippen molar-refractivity contribution in [3.05, 3.63) is 24.3 Å². The number of alkyl halides is 3. The van der Waals surface area contributed by atoms with Crippen LogP contribution in [0.1, 0.15) is 13.8 Å². The van der Waals surface area contributed by atoms with E-state index in [1.807, 2.05) is 0 Å². The van der Waals surface area contributed by atoms with E-state index in [0.29, 0.717) is 22.3 Å². The lowest BCUT2D eigenvalue weighted by molar-refractivity contribution is -0.122. The zero-order valence-electron chi connectivity index (χ0n) is 10.0. The normalized spacial score (nSPS) is 11.7. The minimum Gasteiger partial charge on any atom is -0.326 e. The van der Waals surface area contributed by atoms with Gasteiger partial charge in [-0.2, -0.15) is 8.78 Å². The van der Waals surface area contributed by atoms with Crippen molar-refractivity contribution in [2.24, 2.45) is 5.41 Å². The zero-order valence-corrected chi connectivity index (χ0v) is 11.6. The zero-order chi connectivity index (χ0) is 13.8. The van der Waals surface area contributed by atoms with Gasteiger partial charge in [0.05, 0.1) is 5.41 Å². The summed E-state index contributed by atoms with van der Waals surface area (Å²) in [5.41, 5.74) is -0.102. The van der Waals surface area contributed by atoms with E-state index >= 15 is 0 Å². The Kier molecular flexibility index (Phi) is 5.41. The molecule has 6 heteroatoms. The molecule has 1 rings (SSSR count). The van der Waals surface area contributed by atoms with Crippen LogP contribution in [0, 0.1) is 5.41 Å². The molecule has 0 fully saturated rings. The molecule has 1 N–H and O–H groups in total. The van der Waals surface area contributed by atoms with Crippen LogP contribution < -0.4 is 5.32 Å². The second-order valence-corrected chi connectivity index (χ2v) is 5.71. The lowest BCUT2D eigenvalue weighted by Gasteiger charge is -2.20. The van der Waals surface area contributed by atoms with Gasteiger partial charge in [0.1, 0.15) is 0 Å². The summed E-state index contributed by atoms with van der Waals surface area (Å²) >= 11 is 6.16. The average Bonchev–Trinajstić information content (AvgIpc) is 2.31. The minimum absolute atomic E-state index is 0.202. The third-order valence-electron chi connectivity index (χ3n) is 2.29. The second-order valence-electron chi connectivity index (χ2n) is 4.37. The average molecular weight is 294 g/mol. The van der Waals surface area contributed by atoms with Crippen LogP contribution in [0.25, 0.3) is 0 Å².